The monoisotopic (exact) mass is 234 g/mol. The van der Waals surface area contributed by atoms with Crippen molar-refractivity contribution in [2.24, 2.45) is 5.92 Å². The van der Waals surface area contributed by atoms with E-state index < -0.39 is 11.7 Å². The number of ether oxygens (including phenoxy) is 1. The summed E-state index contributed by atoms with van der Waals surface area (Å²) in [5, 5.41) is 9.32. The summed E-state index contributed by atoms with van der Waals surface area (Å²) in [5.74, 6) is -0.244. The molecule has 1 N–H and O–H groups in total. The van der Waals surface area contributed by atoms with Crippen molar-refractivity contribution in [3.63, 3.8) is 0 Å². The Balaban J connectivity index is 2.91. The van der Waals surface area contributed by atoms with E-state index in [2.05, 4.69) is 0 Å². The average Bonchev–Trinajstić information content (AvgIpc) is 2.14. The first-order chi connectivity index (χ1) is 7.30. The molecule has 0 aliphatic heterocycles. The smallest absolute Gasteiger partial charge is 0.416 e. The molecule has 0 aliphatic carbocycles. The number of halogens is 3. The van der Waals surface area contributed by atoms with E-state index in [4.69, 9.17) is 4.74 Å². The lowest BCUT2D eigenvalue weighted by atomic mass is 10.2. The van der Waals surface area contributed by atoms with Gasteiger partial charge in [-0.05, 0) is 24.1 Å². The quantitative estimate of drug-likeness (QED) is 0.868. The summed E-state index contributed by atoms with van der Waals surface area (Å²) < 4.78 is 42.2. The molecule has 0 atom stereocenters. The third kappa shape index (κ3) is 3.32. The van der Waals surface area contributed by atoms with Crippen LogP contribution in [0.1, 0.15) is 19.4 Å². The predicted molar refractivity (Wildman–Crippen MR) is 53.4 cm³/mol. The molecule has 1 aromatic rings. The van der Waals surface area contributed by atoms with Gasteiger partial charge in [-0.1, -0.05) is 13.8 Å². The van der Waals surface area contributed by atoms with Crippen LogP contribution in [0.5, 0.6) is 11.5 Å². The van der Waals surface area contributed by atoms with Gasteiger partial charge in [0.2, 0.25) is 0 Å². The molecule has 0 bridgehead atoms. The molecule has 0 radical (unpaired) electrons. The summed E-state index contributed by atoms with van der Waals surface area (Å²) in [6, 6.07) is 2.60. The summed E-state index contributed by atoms with van der Waals surface area (Å²) in [7, 11) is 0. The molecular weight excluding hydrogens is 221 g/mol. The molecule has 0 saturated carbocycles. The van der Waals surface area contributed by atoms with Gasteiger partial charge in [-0.3, -0.25) is 0 Å². The van der Waals surface area contributed by atoms with Gasteiger partial charge in [-0.2, -0.15) is 13.2 Å². The van der Waals surface area contributed by atoms with E-state index in [0.29, 0.717) is 0 Å². The van der Waals surface area contributed by atoms with Crippen LogP contribution in [-0.4, -0.2) is 11.7 Å². The van der Waals surface area contributed by atoms with E-state index in [1.807, 2.05) is 13.8 Å². The Bertz CT molecular complexity index is 359. The normalized spacial score (nSPS) is 11.9. The molecule has 0 aliphatic rings. The zero-order valence-corrected chi connectivity index (χ0v) is 9.01. The summed E-state index contributed by atoms with van der Waals surface area (Å²) in [5.41, 5.74) is -0.830. The highest BCUT2D eigenvalue weighted by molar-refractivity contribution is 5.42. The Morgan fingerprint density at radius 2 is 1.94 bits per heavy atom. The lowest BCUT2D eigenvalue weighted by Crippen LogP contribution is -2.08. The van der Waals surface area contributed by atoms with Crippen molar-refractivity contribution >= 4 is 0 Å². The lowest BCUT2D eigenvalue weighted by Gasteiger charge is -2.12. The number of phenols is 1. The van der Waals surface area contributed by atoms with E-state index in [1.165, 1.54) is 0 Å². The molecule has 0 heterocycles. The highest BCUT2D eigenvalue weighted by atomic mass is 19.4. The molecule has 1 rings (SSSR count). The molecule has 0 fully saturated rings. The van der Waals surface area contributed by atoms with Crippen molar-refractivity contribution in [2.75, 3.05) is 6.61 Å². The Morgan fingerprint density at radius 1 is 1.31 bits per heavy atom. The second-order valence-corrected chi connectivity index (χ2v) is 3.89. The van der Waals surface area contributed by atoms with Crippen LogP contribution < -0.4 is 4.74 Å². The molecule has 90 valence electrons. The minimum Gasteiger partial charge on any atom is -0.504 e. The van der Waals surface area contributed by atoms with Crippen molar-refractivity contribution in [3.05, 3.63) is 23.8 Å². The molecule has 0 unspecified atom stereocenters. The number of hydrogen-bond donors (Lipinski definition) is 1. The molecular formula is C11H13F3O2. The van der Waals surface area contributed by atoms with Crippen molar-refractivity contribution in [3.8, 4) is 11.5 Å². The summed E-state index contributed by atoms with van der Waals surface area (Å²) >= 11 is 0. The van der Waals surface area contributed by atoms with Gasteiger partial charge in [-0.25, -0.2) is 0 Å². The second-order valence-electron chi connectivity index (χ2n) is 3.89. The molecule has 16 heavy (non-hydrogen) atoms. The van der Waals surface area contributed by atoms with E-state index in [0.717, 1.165) is 18.2 Å². The SMILES string of the molecule is CC(C)COc1cc(C(F)(F)F)ccc1O. The molecule has 1 aromatic carbocycles. The molecule has 0 amide bonds. The number of aromatic hydroxyl groups is 1. The molecule has 2 nitrogen and oxygen atoms in total. The Hall–Kier alpha value is -1.39. The molecule has 0 saturated heterocycles. The molecule has 0 spiro atoms. The van der Waals surface area contributed by atoms with Crippen LogP contribution in [0.4, 0.5) is 13.2 Å². The van der Waals surface area contributed by atoms with Crippen LogP contribution >= 0.6 is 0 Å². The van der Waals surface area contributed by atoms with Gasteiger partial charge < -0.3 is 9.84 Å². The van der Waals surface area contributed by atoms with Crippen LogP contribution in [0.15, 0.2) is 18.2 Å². The highest BCUT2D eigenvalue weighted by Crippen LogP contribution is 2.35. The minimum absolute atomic E-state index is 0.136. The van der Waals surface area contributed by atoms with Crippen molar-refractivity contribution < 1.29 is 23.0 Å². The lowest BCUT2D eigenvalue weighted by molar-refractivity contribution is -0.137. The van der Waals surface area contributed by atoms with Gasteiger partial charge in [0.1, 0.15) is 0 Å². The first kappa shape index (κ1) is 12.7. The van der Waals surface area contributed by atoms with E-state index in [1.54, 1.807) is 0 Å². The van der Waals surface area contributed by atoms with Crippen molar-refractivity contribution in [2.45, 2.75) is 20.0 Å². The average molecular weight is 234 g/mol. The van der Waals surface area contributed by atoms with Crippen LogP contribution in [-0.2, 0) is 6.18 Å². The van der Waals surface area contributed by atoms with Gasteiger partial charge in [0, 0.05) is 0 Å². The summed E-state index contributed by atoms with van der Waals surface area (Å²) in [4.78, 5) is 0. The van der Waals surface area contributed by atoms with Crippen LogP contribution in [0, 0.1) is 5.92 Å². The maximum atomic E-state index is 12.4. The molecule has 0 aromatic heterocycles. The zero-order chi connectivity index (χ0) is 12.3. The fourth-order valence-electron chi connectivity index (χ4n) is 1.06. The summed E-state index contributed by atoms with van der Waals surface area (Å²) in [6.45, 7) is 3.99. The Kier molecular flexibility index (Phi) is 3.67. The van der Waals surface area contributed by atoms with Crippen LogP contribution in [0.25, 0.3) is 0 Å². The second kappa shape index (κ2) is 4.63. The number of rotatable bonds is 3. The maximum Gasteiger partial charge on any atom is 0.416 e. The van der Waals surface area contributed by atoms with Gasteiger partial charge in [0.25, 0.3) is 0 Å². The fourth-order valence-corrected chi connectivity index (χ4v) is 1.06. The van der Waals surface area contributed by atoms with Gasteiger partial charge in [-0.15, -0.1) is 0 Å². The van der Waals surface area contributed by atoms with Crippen molar-refractivity contribution in [1.82, 2.24) is 0 Å². The zero-order valence-electron chi connectivity index (χ0n) is 9.01. The predicted octanol–water partition coefficient (Wildman–Crippen LogP) is 3.45. The van der Waals surface area contributed by atoms with E-state index >= 15 is 0 Å². The Labute approximate surface area is 91.7 Å². The minimum atomic E-state index is -4.43. The van der Waals surface area contributed by atoms with Gasteiger partial charge in [0.15, 0.2) is 11.5 Å². The van der Waals surface area contributed by atoms with Crippen LogP contribution in [0.2, 0.25) is 0 Å². The largest absolute Gasteiger partial charge is 0.504 e. The fraction of sp³-hybridized carbons (Fsp3) is 0.455. The summed E-state index contributed by atoms with van der Waals surface area (Å²) in [6.07, 6.45) is -4.43. The maximum absolute atomic E-state index is 12.4. The van der Waals surface area contributed by atoms with Gasteiger partial charge in [0.05, 0.1) is 12.2 Å². The number of hydrogen-bond acceptors (Lipinski definition) is 2. The first-order valence-corrected chi connectivity index (χ1v) is 4.83. The van der Waals surface area contributed by atoms with Gasteiger partial charge >= 0.3 is 6.18 Å². The number of benzene rings is 1. The van der Waals surface area contributed by atoms with Crippen LogP contribution in [0.3, 0.4) is 0 Å². The highest BCUT2D eigenvalue weighted by Gasteiger charge is 2.31. The molecule has 5 heteroatoms. The van der Waals surface area contributed by atoms with Crippen molar-refractivity contribution in [1.29, 1.82) is 0 Å². The van der Waals surface area contributed by atoms with E-state index in [-0.39, 0.29) is 24.0 Å². The first-order valence-electron chi connectivity index (χ1n) is 4.83. The number of phenolic OH excluding ortho intramolecular Hbond substituents is 1. The third-order valence-electron chi connectivity index (χ3n) is 1.86. The third-order valence-corrected chi connectivity index (χ3v) is 1.86. The Morgan fingerprint density at radius 3 is 2.44 bits per heavy atom. The number of alkyl halides is 3. The van der Waals surface area contributed by atoms with E-state index in [9.17, 15) is 18.3 Å². The standard InChI is InChI=1S/C11H13F3O2/c1-7(2)6-16-10-5-8(11(12,13)14)3-4-9(10)15/h3-5,7,15H,6H2,1-2H3. The topological polar surface area (TPSA) is 29.5 Å².